The van der Waals surface area contributed by atoms with Crippen LogP contribution in [0.4, 0.5) is 5.69 Å². The minimum atomic E-state index is -0.532. The summed E-state index contributed by atoms with van der Waals surface area (Å²) in [5.41, 5.74) is 5.60. The van der Waals surface area contributed by atoms with Crippen molar-refractivity contribution in [1.29, 1.82) is 5.26 Å². The summed E-state index contributed by atoms with van der Waals surface area (Å²) in [6, 6.07) is 6.09. The van der Waals surface area contributed by atoms with Gasteiger partial charge >= 0.3 is 5.69 Å². The van der Waals surface area contributed by atoms with Crippen LogP contribution < -0.4 is 10.5 Å². The van der Waals surface area contributed by atoms with Crippen LogP contribution in [0.3, 0.4) is 0 Å². The minimum Gasteiger partial charge on any atom is -0.483 e. The first-order chi connectivity index (χ1) is 8.63. The molecule has 0 radical (unpaired) electrons. The third kappa shape index (κ3) is 2.41. The molecule has 2 N–H and O–H groups in total. The lowest BCUT2D eigenvalue weighted by Crippen LogP contribution is -2.37. The average molecular weight is 247 g/mol. The second-order valence-electron chi connectivity index (χ2n) is 4.36. The van der Waals surface area contributed by atoms with E-state index in [1.54, 1.807) is 0 Å². The van der Waals surface area contributed by atoms with Crippen molar-refractivity contribution in [2.24, 2.45) is 11.7 Å². The summed E-state index contributed by atoms with van der Waals surface area (Å²) in [7, 11) is 0. The first-order valence-electron chi connectivity index (χ1n) is 5.69. The van der Waals surface area contributed by atoms with Crippen molar-refractivity contribution in [2.45, 2.75) is 18.9 Å². The molecule has 1 aromatic carbocycles. The molecule has 6 heteroatoms. The van der Waals surface area contributed by atoms with Crippen LogP contribution in [0.1, 0.15) is 18.4 Å². The molecule has 94 valence electrons. The van der Waals surface area contributed by atoms with Crippen LogP contribution in [0.2, 0.25) is 0 Å². The van der Waals surface area contributed by atoms with Crippen LogP contribution in [0.15, 0.2) is 18.2 Å². The Kier molecular flexibility index (Phi) is 3.44. The summed E-state index contributed by atoms with van der Waals surface area (Å²) in [5, 5.41) is 19.6. The van der Waals surface area contributed by atoms with E-state index < -0.39 is 4.92 Å². The van der Waals surface area contributed by atoms with Crippen LogP contribution in [-0.2, 0) is 0 Å². The van der Waals surface area contributed by atoms with E-state index >= 15 is 0 Å². The zero-order chi connectivity index (χ0) is 13.1. The lowest BCUT2D eigenvalue weighted by atomic mass is 9.82. The molecular formula is C12H13N3O3. The molecule has 18 heavy (non-hydrogen) atoms. The van der Waals surface area contributed by atoms with Gasteiger partial charge in [0.25, 0.3) is 0 Å². The lowest BCUT2D eigenvalue weighted by molar-refractivity contribution is -0.386. The zero-order valence-electron chi connectivity index (χ0n) is 9.70. The van der Waals surface area contributed by atoms with Gasteiger partial charge in [0.15, 0.2) is 5.75 Å². The van der Waals surface area contributed by atoms with E-state index in [2.05, 4.69) is 0 Å². The lowest BCUT2D eigenvalue weighted by Gasteiger charge is -2.34. The molecule has 0 heterocycles. The van der Waals surface area contributed by atoms with Gasteiger partial charge in [-0.3, -0.25) is 10.1 Å². The zero-order valence-corrected chi connectivity index (χ0v) is 9.70. The van der Waals surface area contributed by atoms with Crippen molar-refractivity contribution >= 4 is 5.69 Å². The molecule has 1 aromatic rings. The van der Waals surface area contributed by atoms with Crippen molar-refractivity contribution in [3.05, 3.63) is 33.9 Å². The van der Waals surface area contributed by atoms with Crippen molar-refractivity contribution in [2.75, 3.05) is 6.54 Å². The number of rotatable bonds is 4. The molecule has 1 fully saturated rings. The SMILES string of the molecule is N#Cc1ccc(OC2CC(CN)C2)c([N+](=O)[O-])c1. The smallest absolute Gasteiger partial charge is 0.312 e. The highest BCUT2D eigenvalue weighted by molar-refractivity contribution is 5.51. The van der Waals surface area contributed by atoms with Gasteiger partial charge in [0.05, 0.1) is 22.7 Å². The number of nitrogens with two attached hydrogens (primary N) is 1. The third-order valence-corrected chi connectivity index (χ3v) is 3.10. The second kappa shape index (κ2) is 5.02. The molecule has 0 saturated heterocycles. The Morgan fingerprint density at radius 3 is 2.83 bits per heavy atom. The normalized spacial score (nSPS) is 21.8. The number of benzene rings is 1. The van der Waals surface area contributed by atoms with Crippen LogP contribution >= 0.6 is 0 Å². The highest BCUT2D eigenvalue weighted by Gasteiger charge is 2.31. The summed E-state index contributed by atoms with van der Waals surface area (Å²) in [6.45, 7) is 0.620. The maximum Gasteiger partial charge on any atom is 0.312 e. The summed E-state index contributed by atoms with van der Waals surface area (Å²) in [4.78, 5) is 10.4. The second-order valence-corrected chi connectivity index (χ2v) is 4.36. The van der Waals surface area contributed by atoms with E-state index in [0.717, 1.165) is 12.8 Å². The number of hydrogen-bond acceptors (Lipinski definition) is 5. The first kappa shape index (κ1) is 12.3. The Labute approximate surface area is 104 Å². The number of nitro groups is 1. The van der Waals surface area contributed by atoms with E-state index in [4.69, 9.17) is 15.7 Å². The van der Waals surface area contributed by atoms with E-state index in [1.807, 2.05) is 6.07 Å². The number of hydrogen-bond donors (Lipinski definition) is 1. The van der Waals surface area contributed by atoms with Crippen LogP contribution in [0, 0.1) is 27.4 Å². The van der Waals surface area contributed by atoms with Crippen LogP contribution in [0.5, 0.6) is 5.75 Å². The van der Waals surface area contributed by atoms with Crippen LogP contribution in [0.25, 0.3) is 0 Å². The molecule has 2 rings (SSSR count). The van der Waals surface area contributed by atoms with Gasteiger partial charge < -0.3 is 10.5 Å². The summed E-state index contributed by atoms with van der Waals surface area (Å²) in [6.07, 6.45) is 1.64. The molecule has 0 bridgehead atoms. The van der Waals surface area contributed by atoms with Gasteiger partial charge in [-0.25, -0.2) is 0 Å². The summed E-state index contributed by atoms with van der Waals surface area (Å²) < 4.78 is 5.57. The van der Waals surface area contributed by atoms with Crippen molar-refractivity contribution < 1.29 is 9.66 Å². The summed E-state index contributed by atoms with van der Waals surface area (Å²) >= 11 is 0. The predicted octanol–water partition coefficient (Wildman–Crippen LogP) is 1.58. The monoisotopic (exact) mass is 247 g/mol. The molecule has 1 saturated carbocycles. The number of nitrogens with zero attached hydrogens (tertiary/aromatic N) is 2. The quantitative estimate of drug-likeness (QED) is 0.642. The molecule has 0 aromatic heterocycles. The Balaban J connectivity index is 2.13. The molecule has 0 atom stereocenters. The Bertz CT molecular complexity index is 504. The Morgan fingerprint density at radius 1 is 1.56 bits per heavy atom. The molecule has 0 spiro atoms. The van der Waals surface area contributed by atoms with Gasteiger partial charge in [-0.2, -0.15) is 5.26 Å². The molecule has 0 amide bonds. The topological polar surface area (TPSA) is 102 Å². The fourth-order valence-corrected chi connectivity index (χ4v) is 1.97. The molecule has 6 nitrogen and oxygen atoms in total. The molecule has 0 aliphatic heterocycles. The number of nitriles is 1. The number of nitro benzene ring substituents is 1. The number of ether oxygens (including phenoxy) is 1. The van der Waals surface area contributed by atoms with Crippen molar-refractivity contribution in [3.63, 3.8) is 0 Å². The fourth-order valence-electron chi connectivity index (χ4n) is 1.97. The molecule has 0 unspecified atom stereocenters. The largest absolute Gasteiger partial charge is 0.483 e. The maximum absolute atomic E-state index is 10.9. The van der Waals surface area contributed by atoms with Gasteiger partial charge in [0.2, 0.25) is 0 Å². The standard InChI is InChI=1S/C12H13N3O3/c13-6-8-1-2-12(11(5-8)15(16)17)18-10-3-9(4-10)7-14/h1-2,5,9-10H,3-4,7,14H2. The van der Waals surface area contributed by atoms with E-state index in [9.17, 15) is 10.1 Å². The fraction of sp³-hybridized carbons (Fsp3) is 0.417. The highest BCUT2D eigenvalue weighted by atomic mass is 16.6. The van der Waals surface area contributed by atoms with Crippen molar-refractivity contribution in [1.82, 2.24) is 0 Å². The summed E-state index contributed by atoms with van der Waals surface area (Å²) in [5.74, 6) is 0.673. The molecule has 1 aliphatic rings. The van der Waals surface area contributed by atoms with E-state index in [1.165, 1.54) is 18.2 Å². The van der Waals surface area contributed by atoms with Gasteiger partial charge in [-0.1, -0.05) is 0 Å². The van der Waals surface area contributed by atoms with E-state index in [-0.39, 0.29) is 23.1 Å². The van der Waals surface area contributed by atoms with Gasteiger partial charge in [0, 0.05) is 6.07 Å². The minimum absolute atomic E-state index is 0.00909. The van der Waals surface area contributed by atoms with Gasteiger partial charge in [0.1, 0.15) is 0 Å². The van der Waals surface area contributed by atoms with Crippen molar-refractivity contribution in [3.8, 4) is 11.8 Å². The Morgan fingerprint density at radius 2 is 2.28 bits per heavy atom. The molecule has 1 aliphatic carbocycles. The van der Waals surface area contributed by atoms with E-state index in [0.29, 0.717) is 12.5 Å². The van der Waals surface area contributed by atoms with Crippen LogP contribution in [-0.4, -0.2) is 17.6 Å². The predicted molar refractivity (Wildman–Crippen MR) is 64.0 cm³/mol. The highest BCUT2D eigenvalue weighted by Crippen LogP contribution is 2.35. The van der Waals surface area contributed by atoms with Gasteiger partial charge in [-0.05, 0) is 37.4 Å². The third-order valence-electron chi connectivity index (χ3n) is 3.10. The molecular weight excluding hydrogens is 234 g/mol. The maximum atomic E-state index is 10.9. The Hall–Kier alpha value is -2.13. The first-order valence-corrected chi connectivity index (χ1v) is 5.69. The average Bonchev–Trinajstić information content (AvgIpc) is 2.33. The van der Waals surface area contributed by atoms with Gasteiger partial charge in [-0.15, -0.1) is 0 Å².